The Balaban J connectivity index is 1.18. The smallest absolute Gasteiger partial charge is 0.232 e. The van der Waals surface area contributed by atoms with Gasteiger partial charge in [-0.3, -0.25) is 4.79 Å². The molecule has 0 unspecified atom stereocenters. The molecule has 3 aliphatic rings. The van der Waals surface area contributed by atoms with E-state index in [2.05, 4.69) is 107 Å². The summed E-state index contributed by atoms with van der Waals surface area (Å²) in [6, 6.07) is 15.9. The number of rotatable bonds is 9. The fraction of sp³-hybridized carbons (Fsp3) is 0.459. The monoisotopic (exact) mass is 603 g/mol. The molecular weight excluding hydrogens is 558 g/mol. The van der Waals surface area contributed by atoms with E-state index in [1.807, 2.05) is 12.3 Å². The summed E-state index contributed by atoms with van der Waals surface area (Å²) in [5.41, 5.74) is 10.4. The van der Waals surface area contributed by atoms with Crippen molar-refractivity contribution in [3.05, 3.63) is 76.5 Å². The highest BCUT2D eigenvalue weighted by molar-refractivity contribution is 5.94. The highest BCUT2D eigenvalue weighted by Gasteiger charge is 2.42. The molecule has 3 fully saturated rings. The first-order chi connectivity index (χ1) is 21.7. The molecule has 2 aliphatic heterocycles. The zero-order valence-electron chi connectivity index (χ0n) is 27.2. The van der Waals surface area contributed by atoms with E-state index in [4.69, 9.17) is 0 Å². The summed E-state index contributed by atoms with van der Waals surface area (Å²) in [7, 11) is 0. The van der Waals surface area contributed by atoms with E-state index in [0.717, 1.165) is 61.1 Å². The number of aromatic nitrogens is 5. The van der Waals surface area contributed by atoms with E-state index in [-0.39, 0.29) is 11.8 Å². The van der Waals surface area contributed by atoms with E-state index < -0.39 is 5.41 Å². The van der Waals surface area contributed by atoms with Crippen LogP contribution >= 0.6 is 0 Å². The SMILES string of the molecule is Cc1cc(C)cc(-c2[nH]c3ccc(C(C)(C)C(=O)N4CC5CCC4CC5)cc3c2[C@H](C)CNCCc2cnc3n[nH]nc3c2)c1. The third-order valence-electron chi connectivity index (χ3n) is 10.3. The molecule has 8 nitrogen and oxygen atoms in total. The molecule has 3 N–H and O–H groups in total. The van der Waals surface area contributed by atoms with Crippen molar-refractivity contribution >= 4 is 28.0 Å². The number of pyridine rings is 1. The lowest BCUT2D eigenvalue weighted by molar-refractivity contribution is -0.144. The fourth-order valence-electron chi connectivity index (χ4n) is 7.83. The van der Waals surface area contributed by atoms with Gasteiger partial charge in [-0.25, -0.2) is 4.98 Å². The number of nitrogens with zero attached hydrogens (tertiary/aromatic N) is 4. The predicted octanol–water partition coefficient (Wildman–Crippen LogP) is 6.73. The molecule has 1 atom stereocenters. The quantitative estimate of drug-likeness (QED) is 0.162. The minimum atomic E-state index is -0.596. The maximum atomic E-state index is 14.1. The number of piperidine rings is 2. The van der Waals surface area contributed by atoms with E-state index in [0.29, 0.717) is 17.6 Å². The Morgan fingerprint density at radius 1 is 1.04 bits per heavy atom. The third-order valence-corrected chi connectivity index (χ3v) is 10.3. The number of nitrogens with one attached hydrogen (secondary N) is 3. The first kappa shape index (κ1) is 29.7. The van der Waals surface area contributed by atoms with Crippen molar-refractivity contribution in [3.63, 3.8) is 0 Å². The Kier molecular flexibility index (Phi) is 7.72. The molecular formula is C37H45N7O. The third kappa shape index (κ3) is 5.65. The van der Waals surface area contributed by atoms with E-state index in [1.165, 1.54) is 46.2 Å². The van der Waals surface area contributed by atoms with Crippen molar-refractivity contribution in [1.29, 1.82) is 0 Å². The second-order valence-corrected chi connectivity index (χ2v) is 14.2. The van der Waals surface area contributed by atoms with Crippen LogP contribution in [0.2, 0.25) is 0 Å². The minimum Gasteiger partial charge on any atom is -0.354 e. The maximum absolute atomic E-state index is 14.1. The van der Waals surface area contributed by atoms with Crippen LogP contribution in [0.4, 0.5) is 0 Å². The van der Waals surface area contributed by atoms with Gasteiger partial charge in [-0.1, -0.05) is 30.2 Å². The summed E-state index contributed by atoms with van der Waals surface area (Å²) >= 11 is 0. The number of H-pyrrole nitrogens is 2. The van der Waals surface area contributed by atoms with Crippen LogP contribution < -0.4 is 5.32 Å². The topological polar surface area (TPSA) is 103 Å². The van der Waals surface area contributed by atoms with Gasteiger partial charge < -0.3 is 15.2 Å². The Bertz CT molecular complexity index is 1840. The second-order valence-electron chi connectivity index (χ2n) is 14.2. The van der Waals surface area contributed by atoms with Gasteiger partial charge in [0.15, 0.2) is 0 Å². The Labute approximate surface area is 265 Å². The van der Waals surface area contributed by atoms with E-state index >= 15 is 0 Å². The molecule has 2 bridgehead atoms. The molecule has 5 heterocycles. The van der Waals surface area contributed by atoms with Crippen LogP contribution in [0.1, 0.15) is 80.2 Å². The van der Waals surface area contributed by atoms with Crippen molar-refractivity contribution in [3.8, 4) is 11.3 Å². The molecule has 8 rings (SSSR count). The first-order valence-corrected chi connectivity index (χ1v) is 16.6. The molecule has 45 heavy (non-hydrogen) atoms. The molecule has 1 amide bonds. The summed E-state index contributed by atoms with van der Waals surface area (Å²) in [5.74, 6) is 1.18. The summed E-state index contributed by atoms with van der Waals surface area (Å²) < 4.78 is 0. The number of fused-ring (bicyclic) bond motifs is 5. The molecule has 3 aromatic heterocycles. The van der Waals surface area contributed by atoms with Crippen LogP contribution in [0.5, 0.6) is 0 Å². The highest BCUT2D eigenvalue weighted by atomic mass is 16.2. The normalized spacial score (nSPS) is 19.1. The molecule has 1 saturated carbocycles. The molecule has 2 saturated heterocycles. The number of carbonyl (C=O) groups is 1. The van der Waals surface area contributed by atoms with Crippen LogP contribution in [0, 0.1) is 19.8 Å². The van der Waals surface area contributed by atoms with Gasteiger partial charge in [-0.05, 0) is 131 Å². The molecule has 0 radical (unpaired) electrons. The van der Waals surface area contributed by atoms with E-state index in [1.54, 1.807) is 0 Å². The van der Waals surface area contributed by atoms with Crippen LogP contribution in [0.15, 0.2) is 48.7 Å². The summed E-state index contributed by atoms with van der Waals surface area (Å²) in [4.78, 5) is 24.5. The van der Waals surface area contributed by atoms with Gasteiger partial charge in [0.2, 0.25) is 11.6 Å². The van der Waals surface area contributed by atoms with Crippen molar-refractivity contribution in [1.82, 2.24) is 35.6 Å². The van der Waals surface area contributed by atoms with Crippen LogP contribution in [-0.4, -0.2) is 61.9 Å². The number of hydrogen-bond donors (Lipinski definition) is 3. The van der Waals surface area contributed by atoms with E-state index in [9.17, 15) is 4.79 Å². The lowest BCUT2D eigenvalue weighted by Gasteiger charge is -2.47. The van der Waals surface area contributed by atoms with Crippen molar-refractivity contribution in [2.45, 2.75) is 84.1 Å². The predicted molar refractivity (Wildman–Crippen MR) is 180 cm³/mol. The van der Waals surface area contributed by atoms with Crippen molar-refractivity contribution in [2.24, 2.45) is 5.92 Å². The molecule has 5 aromatic rings. The van der Waals surface area contributed by atoms with Gasteiger partial charge in [0.05, 0.1) is 11.1 Å². The molecule has 2 aromatic carbocycles. The van der Waals surface area contributed by atoms with Gasteiger partial charge in [0, 0.05) is 36.2 Å². The van der Waals surface area contributed by atoms with Gasteiger partial charge in [0.1, 0.15) is 5.52 Å². The van der Waals surface area contributed by atoms with Crippen LogP contribution in [0.25, 0.3) is 33.3 Å². The number of aryl methyl sites for hydroxylation is 2. The Morgan fingerprint density at radius 3 is 2.56 bits per heavy atom. The molecule has 8 heteroatoms. The average Bonchev–Trinajstić information content (AvgIpc) is 3.67. The van der Waals surface area contributed by atoms with Gasteiger partial charge in [-0.15, -0.1) is 5.10 Å². The largest absolute Gasteiger partial charge is 0.354 e. The zero-order chi connectivity index (χ0) is 31.3. The number of hydrogen-bond acceptors (Lipinski definition) is 5. The van der Waals surface area contributed by atoms with Crippen LogP contribution in [-0.2, 0) is 16.6 Å². The number of benzene rings is 2. The molecule has 234 valence electrons. The van der Waals surface area contributed by atoms with Gasteiger partial charge >= 0.3 is 0 Å². The Hall–Kier alpha value is -4.04. The van der Waals surface area contributed by atoms with Crippen molar-refractivity contribution < 1.29 is 4.79 Å². The fourth-order valence-corrected chi connectivity index (χ4v) is 7.83. The maximum Gasteiger partial charge on any atom is 0.232 e. The average molecular weight is 604 g/mol. The lowest BCUT2D eigenvalue weighted by Crippen LogP contribution is -2.55. The highest BCUT2D eigenvalue weighted by Crippen LogP contribution is 2.41. The second kappa shape index (κ2) is 11.7. The lowest BCUT2D eigenvalue weighted by atomic mass is 9.76. The molecule has 1 aliphatic carbocycles. The van der Waals surface area contributed by atoms with Crippen molar-refractivity contribution in [2.75, 3.05) is 19.6 Å². The molecule has 0 spiro atoms. The minimum absolute atomic E-state index is 0.234. The van der Waals surface area contributed by atoms with Gasteiger partial charge in [0.25, 0.3) is 0 Å². The number of amides is 1. The standard InChI is InChI=1S/C37H45N7O/c1-22-14-23(2)16-27(15-22)34-33(24(3)19-38-13-12-26-17-32-35(39-20-26)42-43-41-32)30-18-28(8-11-31(30)40-34)37(4,5)36(45)44-21-25-6-9-29(44)10-7-25/h8,11,14-18,20,24-25,29,38,40H,6-7,9-10,12-13,19,21H2,1-5H3,(H,39,41,42,43)/t24-,25?,29?/m1/s1. The van der Waals surface area contributed by atoms with Gasteiger partial charge in [-0.2, -0.15) is 10.3 Å². The summed E-state index contributed by atoms with van der Waals surface area (Å²) in [5, 5.41) is 15.8. The first-order valence-electron chi connectivity index (χ1n) is 16.6. The summed E-state index contributed by atoms with van der Waals surface area (Å²) in [6.07, 6.45) is 7.60. The summed E-state index contributed by atoms with van der Waals surface area (Å²) in [6.45, 7) is 13.4. The zero-order valence-corrected chi connectivity index (χ0v) is 27.2. The number of aromatic amines is 2. The Morgan fingerprint density at radius 2 is 1.82 bits per heavy atom. The van der Waals surface area contributed by atoms with Crippen LogP contribution in [0.3, 0.4) is 0 Å². The number of carbonyl (C=O) groups excluding carboxylic acids is 1.